The Balaban J connectivity index is 0.923. The first-order chi connectivity index (χ1) is 22.5. The summed E-state index contributed by atoms with van der Waals surface area (Å²) in [5.74, 6) is 1.67. The first kappa shape index (κ1) is 33.1. The number of hydrogen-bond acceptors (Lipinski definition) is 9. The Morgan fingerprint density at radius 1 is 0.979 bits per heavy atom. The highest BCUT2D eigenvalue weighted by molar-refractivity contribution is 14.1. The van der Waals surface area contributed by atoms with E-state index in [1.54, 1.807) is 23.4 Å². The van der Waals surface area contributed by atoms with E-state index in [0.717, 1.165) is 31.5 Å². The van der Waals surface area contributed by atoms with Crippen LogP contribution < -0.4 is 20.3 Å². The second kappa shape index (κ2) is 14.1. The monoisotopic (exact) mass is 749 g/mol. The van der Waals surface area contributed by atoms with Crippen LogP contribution in [0.4, 0.5) is 10.6 Å². The average molecular weight is 749 g/mol. The molecule has 0 aliphatic carbocycles. The van der Waals surface area contributed by atoms with Gasteiger partial charge in [-0.3, -0.25) is 5.32 Å². The molecule has 0 bridgehead atoms. The van der Waals surface area contributed by atoms with E-state index in [0.29, 0.717) is 44.6 Å². The van der Waals surface area contributed by atoms with Gasteiger partial charge in [0.1, 0.15) is 18.5 Å². The molecular weight excluding hydrogens is 712 g/mol. The van der Waals surface area contributed by atoms with E-state index >= 15 is 0 Å². The van der Waals surface area contributed by atoms with Gasteiger partial charge in [-0.15, -0.1) is 5.10 Å². The maximum absolute atomic E-state index is 12.7. The summed E-state index contributed by atoms with van der Waals surface area (Å²) < 4.78 is 31.0. The summed E-state index contributed by atoms with van der Waals surface area (Å²) in [6.07, 6.45) is 3.32. The van der Waals surface area contributed by atoms with Crippen LogP contribution in [0.25, 0.3) is 11.1 Å². The number of nitrogens with zero attached hydrogens (tertiary/aromatic N) is 4. The van der Waals surface area contributed by atoms with Crippen LogP contribution in [0.15, 0.2) is 79.1 Å². The number of urea groups is 1. The standard InChI is InChI=1S/C34H37BIN5O6/c1-33(2)34(3,4)47-35(46-33)26-6-5-7-28(17-26)44-15-14-43-22-23-8-10-24(11-9-23)25-16-30(40-38-18-25)39-32(42)41-20-29(21-41)45-31-13-12-27(36)19-37-31/h5-13,16-19,29H,14-15,20-22H2,1-4H3,(H,39,40,42). The average Bonchev–Trinajstić information content (AvgIpc) is 3.26. The molecule has 2 aliphatic heterocycles. The van der Waals surface area contributed by atoms with Crippen molar-refractivity contribution in [3.05, 3.63) is 88.3 Å². The highest BCUT2D eigenvalue weighted by Crippen LogP contribution is 2.36. The molecular formula is C34H37BIN5O6. The largest absolute Gasteiger partial charge is 0.494 e. The van der Waals surface area contributed by atoms with Crippen molar-refractivity contribution >= 4 is 47.0 Å². The van der Waals surface area contributed by atoms with Crippen LogP contribution in [0, 0.1) is 3.57 Å². The third-order valence-corrected chi connectivity index (χ3v) is 9.09. The molecule has 4 heterocycles. The highest BCUT2D eigenvalue weighted by Gasteiger charge is 2.51. The zero-order valence-corrected chi connectivity index (χ0v) is 29.0. The van der Waals surface area contributed by atoms with Gasteiger partial charge in [0.05, 0.1) is 43.7 Å². The summed E-state index contributed by atoms with van der Waals surface area (Å²) in [6.45, 7) is 10.4. The molecule has 0 atom stereocenters. The molecule has 1 N–H and O–H groups in total. The van der Waals surface area contributed by atoms with E-state index in [2.05, 4.69) is 43.1 Å². The van der Waals surface area contributed by atoms with Crippen LogP contribution in [0.1, 0.15) is 33.3 Å². The van der Waals surface area contributed by atoms with Gasteiger partial charge in [-0.2, -0.15) is 5.10 Å². The SMILES string of the molecule is CC1(C)OB(c2cccc(OCCOCc3ccc(-c4cnnc(NC(=O)N5CC(Oc6ccc(I)cn6)C5)c4)cc3)c2)OC1(C)C. The number of halogens is 1. The quantitative estimate of drug-likeness (QED) is 0.123. The van der Waals surface area contributed by atoms with E-state index < -0.39 is 18.3 Å². The van der Waals surface area contributed by atoms with E-state index in [1.807, 2.05) is 88.4 Å². The van der Waals surface area contributed by atoms with Crippen LogP contribution in [0.5, 0.6) is 11.6 Å². The number of aromatic nitrogens is 3. The molecule has 47 heavy (non-hydrogen) atoms. The number of likely N-dealkylation sites (tertiary alicyclic amines) is 1. The number of hydrogen-bond donors (Lipinski definition) is 1. The van der Waals surface area contributed by atoms with Crippen LogP contribution in [0.2, 0.25) is 0 Å². The molecule has 2 aromatic carbocycles. The van der Waals surface area contributed by atoms with Gasteiger partial charge in [-0.1, -0.05) is 36.4 Å². The van der Waals surface area contributed by atoms with Gasteiger partial charge >= 0.3 is 13.1 Å². The van der Waals surface area contributed by atoms with E-state index in [4.69, 9.17) is 23.5 Å². The number of amides is 2. The molecule has 0 radical (unpaired) electrons. The zero-order valence-electron chi connectivity index (χ0n) is 26.8. The Bertz CT molecular complexity index is 1670. The molecule has 2 aromatic heterocycles. The van der Waals surface area contributed by atoms with Crippen molar-refractivity contribution in [1.82, 2.24) is 20.1 Å². The Kier molecular flexibility index (Phi) is 9.97. The Morgan fingerprint density at radius 2 is 1.74 bits per heavy atom. The number of carbonyl (C=O) groups excluding carboxylic acids is 1. The lowest BCUT2D eigenvalue weighted by Crippen LogP contribution is -2.57. The molecule has 6 rings (SSSR count). The minimum Gasteiger partial charge on any atom is -0.491 e. The third kappa shape index (κ3) is 8.21. The Morgan fingerprint density at radius 3 is 2.47 bits per heavy atom. The van der Waals surface area contributed by atoms with Crippen molar-refractivity contribution in [1.29, 1.82) is 0 Å². The molecule has 11 nitrogen and oxygen atoms in total. The Labute approximate surface area is 288 Å². The molecule has 4 aromatic rings. The third-order valence-electron chi connectivity index (χ3n) is 8.45. The summed E-state index contributed by atoms with van der Waals surface area (Å²) >= 11 is 2.19. The predicted molar refractivity (Wildman–Crippen MR) is 187 cm³/mol. The molecule has 2 amide bonds. The van der Waals surface area contributed by atoms with Crippen molar-refractivity contribution in [2.75, 3.05) is 31.6 Å². The van der Waals surface area contributed by atoms with Gasteiger partial charge in [0.15, 0.2) is 5.82 Å². The van der Waals surface area contributed by atoms with E-state index in [9.17, 15) is 4.79 Å². The molecule has 0 spiro atoms. The molecule has 0 saturated carbocycles. The summed E-state index contributed by atoms with van der Waals surface area (Å²) in [5, 5.41) is 11.0. The van der Waals surface area contributed by atoms with Crippen molar-refractivity contribution in [3.63, 3.8) is 0 Å². The molecule has 13 heteroatoms. The first-order valence-corrected chi connectivity index (χ1v) is 16.5. The number of anilines is 1. The van der Waals surface area contributed by atoms with Gasteiger partial charge in [0.25, 0.3) is 0 Å². The first-order valence-electron chi connectivity index (χ1n) is 15.5. The highest BCUT2D eigenvalue weighted by atomic mass is 127. The molecule has 2 saturated heterocycles. The van der Waals surface area contributed by atoms with Gasteiger partial charge < -0.3 is 28.4 Å². The zero-order chi connectivity index (χ0) is 33.0. The number of ether oxygens (including phenoxy) is 3. The summed E-state index contributed by atoms with van der Waals surface area (Å²) in [4.78, 5) is 18.6. The molecule has 2 aliphatic rings. The van der Waals surface area contributed by atoms with Gasteiger partial charge in [0.2, 0.25) is 5.88 Å². The van der Waals surface area contributed by atoms with Crippen molar-refractivity contribution in [3.8, 4) is 22.8 Å². The topological polar surface area (TPSA) is 117 Å². The number of carbonyl (C=O) groups is 1. The second-order valence-corrected chi connectivity index (χ2v) is 13.7. The van der Waals surface area contributed by atoms with E-state index in [-0.39, 0.29) is 12.1 Å². The van der Waals surface area contributed by atoms with Crippen LogP contribution in [-0.4, -0.2) is 76.8 Å². The predicted octanol–water partition coefficient (Wildman–Crippen LogP) is 5.33. The maximum atomic E-state index is 12.7. The van der Waals surface area contributed by atoms with Crippen LogP contribution in [-0.2, 0) is 20.7 Å². The van der Waals surface area contributed by atoms with Gasteiger partial charge in [-0.05, 0) is 91.1 Å². The Hall–Kier alpha value is -3.79. The van der Waals surface area contributed by atoms with Crippen molar-refractivity contribution in [2.45, 2.75) is 51.6 Å². The number of benzene rings is 2. The lowest BCUT2D eigenvalue weighted by atomic mass is 9.79. The summed E-state index contributed by atoms with van der Waals surface area (Å²) in [5.41, 5.74) is 2.95. The number of nitrogens with one attached hydrogen (secondary N) is 1. The van der Waals surface area contributed by atoms with E-state index in [1.165, 1.54) is 0 Å². The smallest absolute Gasteiger partial charge is 0.491 e. The van der Waals surface area contributed by atoms with Crippen LogP contribution in [0.3, 0.4) is 0 Å². The molecule has 0 unspecified atom stereocenters. The fourth-order valence-electron chi connectivity index (χ4n) is 4.99. The minimum atomic E-state index is -0.433. The lowest BCUT2D eigenvalue weighted by molar-refractivity contribution is 0.00578. The minimum absolute atomic E-state index is 0.0915. The second-order valence-electron chi connectivity index (χ2n) is 12.5. The van der Waals surface area contributed by atoms with Crippen LogP contribution >= 0.6 is 22.6 Å². The fraction of sp³-hybridized carbons (Fsp3) is 0.353. The molecule has 2 fully saturated rings. The normalized spacial score (nSPS) is 16.9. The summed E-state index contributed by atoms with van der Waals surface area (Å²) in [6, 6.07) is 21.1. The number of rotatable bonds is 11. The van der Waals surface area contributed by atoms with Gasteiger partial charge in [0, 0.05) is 21.4 Å². The lowest BCUT2D eigenvalue weighted by Gasteiger charge is -2.38. The summed E-state index contributed by atoms with van der Waals surface area (Å²) in [7, 11) is -0.433. The van der Waals surface area contributed by atoms with Gasteiger partial charge in [-0.25, -0.2) is 9.78 Å². The van der Waals surface area contributed by atoms with Crippen molar-refractivity contribution in [2.24, 2.45) is 0 Å². The van der Waals surface area contributed by atoms with Crippen molar-refractivity contribution < 1.29 is 28.3 Å². The maximum Gasteiger partial charge on any atom is 0.494 e. The fourth-order valence-corrected chi connectivity index (χ4v) is 5.31. The number of pyridine rings is 1. The molecule has 244 valence electrons.